The molecule has 32 heavy (non-hydrogen) atoms. The number of anilines is 1. The van der Waals surface area contributed by atoms with Crippen LogP contribution in [0.3, 0.4) is 0 Å². The van der Waals surface area contributed by atoms with Gasteiger partial charge in [0.2, 0.25) is 4.96 Å². The summed E-state index contributed by atoms with van der Waals surface area (Å²) in [6, 6.07) is 10.7. The summed E-state index contributed by atoms with van der Waals surface area (Å²) in [6.07, 6.45) is 3.32. The number of rotatable bonds is 7. The zero-order chi connectivity index (χ0) is 22.7. The molecule has 164 valence electrons. The maximum atomic E-state index is 13.0. The van der Waals surface area contributed by atoms with Gasteiger partial charge in [-0.1, -0.05) is 34.2 Å². The summed E-state index contributed by atoms with van der Waals surface area (Å²) < 4.78 is 21.3. The van der Waals surface area contributed by atoms with E-state index in [4.69, 9.17) is 4.74 Å². The highest BCUT2D eigenvalue weighted by Crippen LogP contribution is 2.24. The van der Waals surface area contributed by atoms with Gasteiger partial charge < -0.3 is 10.1 Å². The molecule has 0 aliphatic carbocycles. The Morgan fingerprint density at radius 3 is 2.78 bits per heavy atom. The molecule has 4 aromatic rings. The van der Waals surface area contributed by atoms with Gasteiger partial charge in [-0.05, 0) is 55.0 Å². The van der Waals surface area contributed by atoms with Crippen molar-refractivity contribution in [1.82, 2.24) is 14.6 Å². The van der Waals surface area contributed by atoms with Crippen LogP contribution in [0.2, 0.25) is 0 Å². The number of aryl methyl sites for hydroxylation is 1. The summed E-state index contributed by atoms with van der Waals surface area (Å²) in [6.45, 7) is 1.78. The van der Waals surface area contributed by atoms with Crippen LogP contribution in [-0.2, 0) is 11.2 Å². The summed E-state index contributed by atoms with van der Waals surface area (Å²) in [5, 5.41) is 6.92. The van der Waals surface area contributed by atoms with Crippen LogP contribution in [0.4, 0.5) is 10.1 Å². The average molecular weight is 517 g/mol. The number of benzene rings is 2. The van der Waals surface area contributed by atoms with Gasteiger partial charge in [0.25, 0.3) is 11.5 Å². The SMILES string of the molecule is CCCc1nc2s/c(=C\c3cc(Br)ccc3OCC(=O)Nc3ccc(F)cc3)c(=O)n2n1. The summed E-state index contributed by atoms with van der Waals surface area (Å²) in [4.78, 5) is 29.9. The quantitative estimate of drug-likeness (QED) is 0.405. The Morgan fingerprint density at radius 1 is 1.28 bits per heavy atom. The Hall–Kier alpha value is -3.11. The Kier molecular flexibility index (Phi) is 6.61. The van der Waals surface area contributed by atoms with Crippen molar-refractivity contribution in [3.05, 3.63) is 79.0 Å². The number of aromatic nitrogens is 3. The van der Waals surface area contributed by atoms with Crippen LogP contribution in [0, 0.1) is 5.82 Å². The van der Waals surface area contributed by atoms with Gasteiger partial charge in [-0.3, -0.25) is 9.59 Å². The molecule has 1 amide bonds. The highest BCUT2D eigenvalue weighted by Gasteiger charge is 2.12. The summed E-state index contributed by atoms with van der Waals surface area (Å²) in [5.74, 6) is 0.315. The fraction of sp³-hybridized carbons (Fsp3) is 0.182. The summed E-state index contributed by atoms with van der Waals surface area (Å²) in [7, 11) is 0. The largest absolute Gasteiger partial charge is 0.483 e. The first kappa shape index (κ1) is 22.1. The second kappa shape index (κ2) is 9.58. The Balaban J connectivity index is 1.56. The monoisotopic (exact) mass is 516 g/mol. The molecule has 0 saturated heterocycles. The van der Waals surface area contributed by atoms with Gasteiger partial charge in [-0.15, -0.1) is 5.10 Å². The van der Waals surface area contributed by atoms with E-state index in [0.717, 1.165) is 17.3 Å². The number of ether oxygens (including phenoxy) is 1. The van der Waals surface area contributed by atoms with Crippen LogP contribution < -0.4 is 20.1 Å². The lowest BCUT2D eigenvalue weighted by Gasteiger charge is -2.10. The lowest BCUT2D eigenvalue weighted by molar-refractivity contribution is -0.118. The standard InChI is InChI=1S/C22H18BrFN4O3S/c1-2-3-19-26-22-28(27-19)21(30)18(32-22)11-13-10-14(23)4-9-17(13)31-12-20(29)25-16-7-5-15(24)6-8-16/h4-11H,2-3,12H2,1H3,(H,25,29)/b18-11-. The number of carbonyl (C=O) groups excluding carboxylic acids is 1. The number of fused-ring (bicyclic) bond motifs is 1. The van der Waals surface area contributed by atoms with Gasteiger partial charge in [-0.25, -0.2) is 9.37 Å². The van der Waals surface area contributed by atoms with Gasteiger partial charge in [0, 0.05) is 22.1 Å². The molecule has 2 aromatic carbocycles. The molecular formula is C22H18BrFN4O3S. The minimum absolute atomic E-state index is 0.250. The van der Waals surface area contributed by atoms with E-state index in [1.807, 2.05) is 6.92 Å². The smallest absolute Gasteiger partial charge is 0.291 e. The van der Waals surface area contributed by atoms with Gasteiger partial charge in [-0.2, -0.15) is 4.52 Å². The van der Waals surface area contributed by atoms with Gasteiger partial charge >= 0.3 is 0 Å². The van der Waals surface area contributed by atoms with E-state index in [-0.39, 0.29) is 18.0 Å². The fourth-order valence-electron chi connectivity index (χ4n) is 2.98. The van der Waals surface area contributed by atoms with E-state index in [1.165, 1.54) is 40.1 Å². The maximum absolute atomic E-state index is 13.0. The van der Waals surface area contributed by atoms with Gasteiger partial charge in [0.15, 0.2) is 12.4 Å². The molecule has 0 fully saturated rings. The van der Waals surface area contributed by atoms with Crippen molar-refractivity contribution in [3.8, 4) is 5.75 Å². The summed E-state index contributed by atoms with van der Waals surface area (Å²) >= 11 is 4.67. The molecule has 0 unspecified atom stereocenters. The lowest BCUT2D eigenvalue weighted by atomic mass is 10.2. The van der Waals surface area contributed by atoms with Crippen LogP contribution in [0.15, 0.2) is 51.7 Å². The number of amides is 1. The zero-order valence-corrected chi connectivity index (χ0v) is 19.4. The minimum Gasteiger partial charge on any atom is -0.483 e. The minimum atomic E-state index is -0.391. The van der Waals surface area contributed by atoms with Crippen molar-refractivity contribution in [2.45, 2.75) is 19.8 Å². The zero-order valence-electron chi connectivity index (χ0n) is 17.0. The topological polar surface area (TPSA) is 85.6 Å². The molecule has 0 aliphatic rings. The van der Waals surface area contributed by atoms with Gasteiger partial charge in [0.1, 0.15) is 11.6 Å². The van der Waals surface area contributed by atoms with E-state index < -0.39 is 5.91 Å². The molecule has 1 N–H and O–H groups in total. The van der Waals surface area contributed by atoms with Crippen LogP contribution in [-0.4, -0.2) is 27.1 Å². The van der Waals surface area contributed by atoms with Crippen molar-refractivity contribution < 1.29 is 13.9 Å². The molecule has 10 heteroatoms. The first-order valence-corrected chi connectivity index (χ1v) is 11.4. The molecule has 4 rings (SSSR count). The maximum Gasteiger partial charge on any atom is 0.291 e. The molecule has 7 nitrogen and oxygen atoms in total. The van der Waals surface area contributed by atoms with Crippen molar-refractivity contribution in [2.75, 3.05) is 11.9 Å². The second-order valence-electron chi connectivity index (χ2n) is 6.91. The number of carbonyl (C=O) groups is 1. The predicted octanol–water partition coefficient (Wildman–Crippen LogP) is 3.57. The molecule has 0 bridgehead atoms. The number of thiazole rings is 1. The molecule has 0 radical (unpaired) electrons. The predicted molar refractivity (Wildman–Crippen MR) is 125 cm³/mol. The molecule has 0 spiro atoms. The van der Waals surface area contributed by atoms with Crippen LogP contribution in [0.5, 0.6) is 5.75 Å². The van der Waals surface area contributed by atoms with Crippen molar-refractivity contribution in [1.29, 1.82) is 0 Å². The van der Waals surface area contributed by atoms with Crippen molar-refractivity contribution >= 4 is 49.9 Å². The Bertz CT molecular complexity index is 1380. The van der Waals surface area contributed by atoms with Gasteiger partial charge in [0.05, 0.1) is 4.53 Å². The average Bonchev–Trinajstić information content (AvgIpc) is 3.28. The third-order valence-electron chi connectivity index (χ3n) is 4.44. The molecule has 0 saturated carbocycles. The Labute approximate surface area is 194 Å². The molecule has 0 aliphatic heterocycles. The normalized spacial score (nSPS) is 11.8. The summed E-state index contributed by atoms with van der Waals surface area (Å²) in [5.41, 5.74) is 0.847. The van der Waals surface area contributed by atoms with E-state index in [1.54, 1.807) is 24.3 Å². The van der Waals surface area contributed by atoms with E-state index in [2.05, 4.69) is 31.3 Å². The number of nitrogens with one attached hydrogen (secondary N) is 1. The number of nitrogens with zero attached hydrogens (tertiary/aromatic N) is 3. The first-order chi connectivity index (χ1) is 15.4. The fourth-order valence-corrected chi connectivity index (χ4v) is 4.28. The molecule has 2 heterocycles. The number of halogens is 2. The third-order valence-corrected chi connectivity index (χ3v) is 5.90. The first-order valence-electron chi connectivity index (χ1n) is 9.81. The number of hydrogen-bond donors (Lipinski definition) is 1. The highest BCUT2D eigenvalue weighted by atomic mass is 79.9. The van der Waals surface area contributed by atoms with Crippen molar-refractivity contribution in [3.63, 3.8) is 0 Å². The second-order valence-corrected chi connectivity index (χ2v) is 8.84. The third kappa shape index (κ3) is 5.03. The molecule has 2 aromatic heterocycles. The Morgan fingerprint density at radius 2 is 2.06 bits per heavy atom. The highest BCUT2D eigenvalue weighted by molar-refractivity contribution is 9.10. The molecule has 0 atom stereocenters. The number of hydrogen-bond acceptors (Lipinski definition) is 6. The van der Waals surface area contributed by atoms with Crippen molar-refractivity contribution in [2.24, 2.45) is 0 Å². The van der Waals surface area contributed by atoms with Crippen LogP contribution >= 0.6 is 27.3 Å². The van der Waals surface area contributed by atoms with Crippen LogP contribution in [0.1, 0.15) is 24.7 Å². The van der Waals surface area contributed by atoms with E-state index in [0.29, 0.717) is 32.3 Å². The lowest BCUT2D eigenvalue weighted by Crippen LogP contribution is -2.24. The molecular weight excluding hydrogens is 499 g/mol. The van der Waals surface area contributed by atoms with Crippen LogP contribution in [0.25, 0.3) is 11.0 Å². The van der Waals surface area contributed by atoms with E-state index >= 15 is 0 Å². The van der Waals surface area contributed by atoms with E-state index in [9.17, 15) is 14.0 Å².